The van der Waals surface area contributed by atoms with Crippen LogP contribution in [0.15, 0.2) is 41.6 Å². The molecule has 0 radical (unpaired) electrons. The number of halogens is 2. The molecular weight excluding hydrogens is 332 g/mol. The summed E-state index contributed by atoms with van der Waals surface area (Å²) >= 11 is 12.2. The zero-order chi connectivity index (χ0) is 14.6. The van der Waals surface area contributed by atoms with Crippen LogP contribution in [0.4, 0.5) is 0 Å². The van der Waals surface area contributed by atoms with E-state index >= 15 is 0 Å². The molecule has 1 aliphatic rings. The van der Waals surface area contributed by atoms with Crippen LogP contribution in [-0.2, 0) is 0 Å². The third-order valence-electron chi connectivity index (χ3n) is 3.44. The molecule has 2 aromatic carbocycles. The number of rotatable bonds is 0. The molecule has 4 rings (SSSR count). The van der Waals surface area contributed by atoms with Crippen molar-refractivity contribution in [2.24, 2.45) is 5.16 Å². The van der Waals surface area contributed by atoms with Crippen LogP contribution in [0.3, 0.4) is 0 Å². The number of nitrogens with zero attached hydrogens (tertiary/aromatic N) is 3. The van der Waals surface area contributed by atoms with Gasteiger partial charge in [-0.1, -0.05) is 47.5 Å². The molecule has 0 saturated heterocycles. The Morgan fingerprint density at radius 2 is 1.68 bits per heavy atom. The van der Waals surface area contributed by atoms with E-state index in [1.165, 1.54) is 0 Å². The smallest absolute Gasteiger partial charge is 0.791 e. The molecule has 1 aliphatic carbocycles. The summed E-state index contributed by atoms with van der Waals surface area (Å²) in [6.07, 6.45) is 0. The fraction of sp³-hybridized carbons (Fsp3) is 0. The van der Waals surface area contributed by atoms with Crippen molar-refractivity contribution < 1.29 is 29.6 Å². The van der Waals surface area contributed by atoms with E-state index in [0.717, 1.165) is 11.1 Å². The molecule has 7 heteroatoms. The minimum atomic E-state index is 0. The van der Waals surface area contributed by atoms with Gasteiger partial charge < -0.3 is 10.4 Å². The maximum atomic E-state index is 11.2. The first-order valence-electron chi connectivity index (χ1n) is 6.16. The Hall–Kier alpha value is -1.17. The van der Waals surface area contributed by atoms with Gasteiger partial charge in [-0.15, -0.1) is 0 Å². The second kappa shape index (κ2) is 5.80. The maximum absolute atomic E-state index is 11.2. The molecule has 0 N–H and O–H groups in total. The SMILES string of the molecule is [Na+].[O-]/N=C1/c2ccccc2-c2nc3c(Cl)cc(Cl)cc3nc21. The molecule has 22 heavy (non-hydrogen) atoms. The minimum absolute atomic E-state index is 0. The predicted molar refractivity (Wildman–Crippen MR) is 84.0 cm³/mol. The molecule has 0 fully saturated rings. The Kier molecular flexibility index (Phi) is 4.14. The van der Waals surface area contributed by atoms with Crippen molar-refractivity contribution in [2.45, 2.75) is 0 Å². The van der Waals surface area contributed by atoms with E-state index in [1.807, 2.05) is 24.3 Å². The van der Waals surface area contributed by atoms with Gasteiger partial charge in [0.25, 0.3) is 0 Å². The van der Waals surface area contributed by atoms with Gasteiger partial charge in [0, 0.05) is 16.1 Å². The fourth-order valence-electron chi connectivity index (χ4n) is 2.56. The van der Waals surface area contributed by atoms with Crippen LogP contribution in [0, 0.1) is 5.21 Å². The van der Waals surface area contributed by atoms with Gasteiger partial charge >= 0.3 is 29.6 Å². The van der Waals surface area contributed by atoms with E-state index in [0.29, 0.717) is 38.2 Å². The average Bonchev–Trinajstić information content (AvgIpc) is 2.78. The van der Waals surface area contributed by atoms with Gasteiger partial charge in [-0.2, -0.15) is 0 Å². The van der Waals surface area contributed by atoms with Crippen LogP contribution in [0.5, 0.6) is 0 Å². The standard InChI is InChI=1S/C15H7Cl2N3O.Na/c16-7-5-10(17)14-11(6-7)18-15-12(19-14)8-3-1-2-4-9(8)13(15)20-21;/h1-6,21H;/q;+1/p-1/b20-13-;. The van der Waals surface area contributed by atoms with Gasteiger partial charge in [0.15, 0.2) is 0 Å². The third kappa shape index (κ3) is 2.23. The predicted octanol–water partition coefficient (Wildman–Crippen LogP) is 1.26. The maximum Gasteiger partial charge on any atom is 1.00 e. The summed E-state index contributed by atoms with van der Waals surface area (Å²) in [5, 5.41) is 15.2. The van der Waals surface area contributed by atoms with Gasteiger partial charge in [-0.3, -0.25) is 0 Å². The Bertz CT molecular complexity index is 943. The Morgan fingerprint density at radius 3 is 2.41 bits per heavy atom. The Balaban J connectivity index is 0.00000144. The second-order valence-corrected chi connectivity index (χ2v) is 5.51. The van der Waals surface area contributed by atoms with Crippen molar-refractivity contribution in [1.82, 2.24) is 9.97 Å². The summed E-state index contributed by atoms with van der Waals surface area (Å²) in [5.41, 5.74) is 4.06. The first-order valence-corrected chi connectivity index (χ1v) is 6.92. The van der Waals surface area contributed by atoms with Gasteiger partial charge in [0.05, 0.1) is 21.9 Å². The second-order valence-electron chi connectivity index (χ2n) is 4.66. The summed E-state index contributed by atoms with van der Waals surface area (Å²) in [6, 6.07) is 10.7. The van der Waals surface area contributed by atoms with Gasteiger partial charge in [0.1, 0.15) is 11.2 Å². The molecule has 0 unspecified atom stereocenters. The molecule has 0 bridgehead atoms. The van der Waals surface area contributed by atoms with Crippen LogP contribution in [-0.4, -0.2) is 15.7 Å². The van der Waals surface area contributed by atoms with Crippen molar-refractivity contribution in [1.29, 1.82) is 0 Å². The van der Waals surface area contributed by atoms with Crippen LogP contribution in [0.25, 0.3) is 22.3 Å². The van der Waals surface area contributed by atoms with Gasteiger partial charge in [0.2, 0.25) is 0 Å². The zero-order valence-corrected chi connectivity index (χ0v) is 15.0. The van der Waals surface area contributed by atoms with E-state index in [1.54, 1.807) is 12.1 Å². The van der Waals surface area contributed by atoms with Gasteiger partial charge in [-0.25, -0.2) is 9.97 Å². The van der Waals surface area contributed by atoms with Crippen LogP contribution >= 0.6 is 23.2 Å². The largest absolute Gasteiger partial charge is 1.00 e. The zero-order valence-electron chi connectivity index (χ0n) is 11.5. The summed E-state index contributed by atoms with van der Waals surface area (Å²) in [6.45, 7) is 0. The van der Waals surface area contributed by atoms with E-state index in [2.05, 4.69) is 15.1 Å². The van der Waals surface area contributed by atoms with Crippen molar-refractivity contribution >= 4 is 39.9 Å². The Labute approximate surface area is 158 Å². The van der Waals surface area contributed by atoms with Gasteiger partial charge in [-0.05, 0) is 12.1 Å². The first kappa shape index (κ1) is 15.7. The van der Waals surface area contributed by atoms with Crippen molar-refractivity contribution in [3.63, 3.8) is 0 Å². The molecule has 0 spiro atoms. The van der Waals surface area contributed by atoms with E-state index < -0.39 is 0 Å². The van der Waals surface area contributed by atoms with Crippen molar-refractivity contribution in [3.8, 4) is 11.3 Å². The normalized spacial score (nSPS) is 13.8. The number of benzene rings is 2. The molecule has 4 nitrogen and oxygen atoms in total. The van der Waals surface area contributed by atoms with E-state index in [4.69, 9.17) is 23.2 Å². The molecular formula is C15H6Cl2N3NaO. The van der Waals surface area contributed by atoms with Crippen LogP contribution in [0.1, 0.15) is 11.3 Å². The molecule has 1 aromatic heterocycles. The van der Waals surface area contributed by atoms with E-state index in [9.17, 15) is 5.21 Å². The monoisotopic (exact) mass is 337 g/mol. The number of aromatic nitrogens is 2. The number of fused-ring (bicyclic) bond motifs is 4. The fourth-order valence-corrected chi connectivity index (χ4v) is 3.08. The summed E-state index contributed by atoms with van der Waals surface area (Å²) < 4.78 is 0. The molecule has 3 aromatic rings. The van der Waals surface area contributed by atoms with Crippen LogP contribution < -0.4 is 29.6 Å². The number of hydrogen-bond donors (Lipinski definition) is 0. The molecule has 102 valence electrons. The molecule has 0 amide bonds. The third-order valence-corrected chi connectivity index (χ3v) is 3.95. The van der Waals surface area contributed by atoms with Crippen molar-refractivity contribution in [2.75, 3.05) is 0 Å². The quantitative estimate of drug-likeness (QED) is 0.358. The summed E-state index contributed by atoms with van der Waals surface area (Å²) in [7, 11) is 0. The first-order chi connectivity index (χ1) is 10.2. The Morgan fingerprint density at radius 1 is 0.955 bits per heavy atom. The van der Waals surface area contributed by atoms with E-state index in [-0.39, 0.29) is 29.6 Å². The minimum Gasteiger partial charge on any atom is -0.791 e. The average molecular weight is 338 g/mol. The summed E-state index contributed by atoms with van der Waals surface area (Å²) in [5.74, 6) is 0. The number of hydrogen-bond acceptors (Lipinski definition) is 4. The molecule has 0 saturated carbocycles. The van der Waals surface area contributed by atoms with Crippen LogP contribution in [0.2, 0.25) is 10.0 Å². The molecule has 0 aliphatic heterocycles. The molecule has 1 heterocycles. The molecule has 0 atom stereocenters. The topological polar surface area (TPSA) is 61.2 Å². The summed E-state index contributed by atoms with van der Waals surface area (Å²) in [4.78, 5) is 9.05. The van der Waals surface area contributed by atoms with Crippen molar-refractivity contribution in [3.05, 3.63) is 62.9 Å².